The zero-order valence-electron chi connectivity index (χ0n) is 9.98. The monoisotopic (exact) mass is 280 g/mol. The number of aromatic nitrogens is 1. The Morgan fingerprint density at radius 2 is 2.21 bits per heavy atom. The predicted molar refractivity (Wildman–Crippen MR) is 70.4 cm³/mol. The van der Waals surface area contributed by atoms with Crippen LogP contribution in [0, 0.1) is 5.82 Å². The summed E-state index contributed by atoms with van der Waals surface area (Å²) in [5.74, 6) is -1.16. The average molecular weight is 281 g/mol. The van der Waals surface area contributed by atoms with Crippen LogP contribution in [-0.4, -0.2) is 18.1 Å². The van der Waals surface area contributed by atoms with E-state index in [2.05, 4.69) is 9.72 Å². The number of pyridine rings is 1. The van der Waals surface area contributed by atoms with Crippen molar-refractivity contribution in [1.82, 2.24) is 4.98 Å². The van der Waals surface area contributed by atoms with Crippen molar-refractivity contribution < 1.29 is 13.9 Å². The van der Waals surface area contributed by atoms with E-state index in [1.807, 2.05) is 0 Å². The SMILES string of the molecule is COC(=O)c1ncc(-c2cccc(F)c2Cl)cc1N. The van der Waals surface area contributed by atoms with Gasteiger partial charge in [-0.15, -0.1) is 0 Å². The molecule has 2 N–H and O–H groups in total. The normalized spacial score (nSPS) is 10.3. The highest BCUT2D eigenvalue weighted by Gasteiger charge is 2.14. The average Bonchev–Trinajstić information content (AvgIpc) is 2.41. The molecule has 1 aromatic heterocycles. The molecule has 0 saturated heterocycles. The number of ether oxygens (including phenoxy) is 1. The number of esters is 1. The van der Waals surface area contributed by atoms with E-state index in [0.29, 0.717) is 11.1 Å². The van der Waals surface area contributed by atoms with E-state index in [0.717, 1.165) is 0 Å². The molecule has 0 saturated carbocycles. The number of halogens is 2. The van der Waals surface area contributed by atoms with Gasteiger partial charge in [0.1, 0.15) is 5.82 Å². The Hall–Kier alpha value is -2.14. The lowest BCUT2D eigenvalue weighted by atomic mass is 10.1. The Kier molecular flexibility index (Phi) is 3.66. The molecule has 6 heteroatoms. The van der Waals surface area contributed by atoms with Gasteiger partial charge in [0.2, 0.25) is 0 Å². The van der Waals surface area contributed by atoms with E-state index < -0.39 is 11.8 Å². The maximum Gasteiger partial charge on any atom is 0.358 e. The molecule has 2 aromatic rings. The molecule has 0 fully saturated rings. The molecule has 0 aliphatic rings. The first kappa shape index (κ1) is 13.3. The second-order valence-corrected chi connectivity index (χ2v) is 4.13. The summed E-state index contributed by atoms with van der Waals surface area (Å²) in [5, 5.41) is -0.0190. The molecule has 0 aliphatic carbocycles. The smallest absolute Gasteiger partial charge is 0.358 e. The molecule has 98 valence electrons. The summed E-state index contributed by atoms with van der Waals surface area (Å²) >= 11 is 5.87. The minimum absolute atomic E-state index is 0.0128. The van der Waals surface area contributed by atoms with Crippen LogP contribution in [0.5, 0.6) is 0 Å². The Morgan fingerprint density at radius 1 is 1.47 bits per heavy atom. The van der Waals surface area contributed by atoms with Crippen molar-refractivity contribution in [3.8, 4) is 11.1 Å². The summed E-state index contributed by atoms with van der Waals surface area (Å²) in [7, 11) is 1.24. The Bertz CT molecular complexity index is 647. The molecule has 4 nitrogen and oxygen atoms in total. The van der Waals surface area contributed by atoms with Gasteiger partial charge in [-0.3, -0.25) is 0 Å². The van der Waals surface area contributed by atoms with E-state index in [-0.39, 0.29) is 16.4 Å². The van der Waals surface area contributed by atoms with Crippen LogP contribution in [0.1, 0.15) is 10.5 Å². The largest absolute Gasteiger partial charge is 0.464 e. The van der Waals surface area contributed by atoms with Crippen LogP contribution in [0.25, 0.3) is 11.1 Å². The van der Waals surface area contributed by atoms with Gasteiger partial charge in [0.05, 0.1) is 17.8 Å². The van der Waals surface area contributed by atoms with Crippen LogP contribution in [0.2, 0.25) is 5.02 Å². The number of rotatable bonds is 2. The van der Waals surface area contributed by atoms with Crippen molar-refractivity contribution in [1.29, 1.82) is 0 Å². The molecule has 0 bridgehead atoms. The zero-order chi connectivity index (χ0) is 14.0. The minimum atomic E-state index is -0.630. The number of nitrogens with two attached hydrogens (primary N) is 1. The molecule has 0 spiro atoms. The first-order chi connectivity index (χ1) is 9.04. The van der Waals surface area contributed by atoms with Gasteiger partial charge in [0.25, 0.3) is 0 Å². The molecule has 0 amide bonds. The quantitative estimate of drug-likeness (QED) is 0.859. The Labute approximate surface area is 114 Å². The van der Waals surface area contributed by atoms with Crippen molar-refractivity contribution in [2.45, 2.75) is 0 Å². The van der Waals surface area contributed by atoms with E-state index >= 15 is 0 Å². The third kappa shape index (κ3) is 2.51. The topological polar surface area (TPSA) is 65.2 Å². The summed E-state index contributed by atoms with van der Waals surface area (Å²) in [4.78, 5) is 15.3. The van der Waals surface area contributed by atoms with Crippen LogP contribution in [0.4, 0.5) is 10.1 Å². The third-order valence-corrected chi connectivity index (χ3v) is 2.94. The molecular weight excluding hydrogens is 271 g/mol. The number of nitrogens with zero attached hydrogens (tertiary/aromatic N) is 1. The number of anilines is 1. The van der Waals surface area contributed by atoms with Gasteiger partial charge in [0, 0.05) is 17.3 Å². The maximum absolute atomic E-state index is 13.4. The number of nitrogen functional groups attached to an aromatic ring is 1. The molecule has 1 heterocycles. The summed E-state index contributed by atoms with van der Waals surface area (Å²) in [6, 6.07) is 5.92. The van der Waals surface area contributed by atoms with Gasteiger partial charge in [-0.1, -0.05) is 23.7 Å². The molecular formula is C13H10ClFN2O2. The molecule has 1 aromatic carbocycles. The van der Waals surface area contributed by atoms with Gasteiger partial charge in [-0.05, 0) is 12.1 Å². The summed E-state index contributed by atoms with van der Waals surface area (Å²) in [6.45, 7) is 0. The van der Waals surface area contributed by atoms with Gasteiger partial charge < -0.3 is 10.5 Å². The highest BCUT2D eigenvalue weighted by Crippen LogP contribution is 2.30. The maximum atomic E-state index is 13.4. The van der Waals surface area contributed by atoms with Gasteiger partial charge >= 0.3 is 5.97 Å². The van der Waals surface area contributed by atoms with Crippen molar-refractivity contribution in [3.05, 3.63) is 47.0 Å². The molecule has 0 atom stereocenters. The van der Waals surface area contributed by atoms with Crippen molar-refractivity contribution >= 4 is 23.3 Å². The fraction of sp³-hybridized carbons (Fsp3) is 0.0769. The number of hydrogen-bond donors (Lipinski definition) is 1. The van der Waals surface area contributed by atoms with Gasteiger partial charge in [0.15, 0.2) is 5.69 Å². The number of carbonyl (C=O) groups is 1. The van der Waals surface area contributed by atoms with Crippen molar-refractivity contribution in [2.75, 3.05) is 12.8 Å². The zero-order valence-corrected chi connectivity index (χ0v) is 10.7. The molecule has 0 radical (unpaired) electrons. The number of benzene rings is 1. The second kappa shape index (κ2) is 5.24. The highest BCUT2D eigenvalue weighted by molar-refractivity contribution is 6.33. The molecule has 0 aliphatic heterocycles. The third-order valence-electron chi connectivity index (χ3n) is 2.56. The number of methoxy groups -OCH3 is 1. The lowest BCUT2D eigenvalue weighted by Gasteiger charge is -2.08. The van der Waals surface area contributed by atoms with Crippen LogP contribution in [0.15, 0.2) is 30.5 Å². The van der Waals surface area contributed by atoms with E-state index in [4.69, 9.17) is 17.3 Å². The molecule has 0 unspecified atom stereocenters. The molecule has 2 rings (SSSR count). The Morgan fingerprint density at radius 3 is 2.84 bits per heavy atom. The lowest BCUT2D eigenvalue weighted by molar-refractivity contribution is 0.0595. The van der Waals surface area contributed by atoms with Crippen LogP contribution in [0.3, 0.4) is 0 Å². The van der Waals surface area contributed by atoms with Crippen LogP contribution >= 0.6 is 11.6 Å². The van der Waals surface area contributed by atoms with Crippen molar-refractivity contribution in [3.63, 3.8) is 0 Å². The minimum Gasteiger partial charge on any atom is -0.464 e. The van der Waals surface area contributed by atoms with Gasteiger partial charge in [-0.25, -0.2) is 14.2 Å². The Balaban J connectivity index is 2.51. The number of hydrogen-bond acceptors (Lipinski definition) is 4. The fourth-order valence-corrected chi connectivity index (χ4v) is 1.86. The molecule has 19 heavy (non-hydrogen) atoms. The first-order valence-corrected chi connectivity index (χ1v) is 5.70. The van der Waals surface area contributed by atoms with E-state index in [1.54, 1.807) is 6.07 Å². The van der Waals surface area contributed by atoms with Gasteiger partial charge in [-0.2, -0.15) is 0 Å². The van der Waals surface area contributed by atoms with E-state index in [1.165, 1.54) is 31.5 Å². The van der Waals surface area contributed by atoms with Crippen LogP contribution in [-0.2, 0) is 4.74 Å². The lowest BCUT2D eigenvalue weighted by Crippen LogP contribution is -2.08. The van der Waals surface area contributed by atoms with Crippen molar-refractivity contribution in [2.24, 2.45) is 0 Å². The fourth-order valence-electron chi connectivity index (χ4n) is 1.62. The summed E-state index contributed by atoms with van der Waals surface area (Å²) < 4.78 is 17.9. The standard InChI is InChI=1S/C13H10ClFN2O2/c1-19-13(18)12-10(16)5-7(6-17-12)8-3-2-4-9(15)11(8)14/h2-6H,16H2,1H3. The van der Waals surface area contributed by atoms with E-state index in [9.17, 15) is 9.18 Å². The number of carbonyl (C=O) groups excluding carboxylic acids is 1. The van der Waals surface area contributed by atoms with Crippen LogP contribution < -0.4 is 5.73 Å². The summed E-state index contributed by atoms with van der Waals surface area (Å²) in [6.07, 6.45) is 1.39. The second-order valence-electron chi connectivity index (χ2n) is 3.75. The predicted octanol–water partition coefficient (Wildman–Crippen LogP) is 2.91. The summed E-state index contributed by atoms with van der Waals surface area (Å²) in [5.41, 5.74) is 6.86. The highest BCUT2D eigenvalue weighted by atomic mass is 35.5. The first-order valence-electron chi connectivity index (χ1n) is 5.32.